The molecule has 7 nitrogen and oxygen atoms in total. The third-order valence-electron chi connectivity index (χ3n) is 3.93. The van der Waals surface area contributed by atoms with E-state index in [0.29, 0.717) is 13.1 Å². The van der Waals surface area contributed by atoms with Gasteiger partial charge in [0, 0.05) is 32.1 Å². The predicted molar refractivity (Wildman–Crippen MR) is 83.2 cm³/mol. The summed E-state index contributed by atoms with van der Waals surface area (Å²) < 4.78 is 12.6. The Morgan fingerprint density at radius 3 is 2.52 bits per heavy atom. The molecular weight excluding hydrogens is 296 g/mol. The van der Waals surface area contributed by atoms with Crippen LogP contribution in [-0.2, 0) is 11.3 Å². The van der Waals surface area contributed by atoms with Gasteiger partial charge in [-0.3, -0.25) is 4.79 Å². The molecule has 122 valence electrons. The van der Waals surface area contributed by atoms with E-state index in [2.05, 4.69) is 10.3 Å². The molecule has 0 spiro atoms. The summed E-state index contributed by atoms with van der Waals surface area (Å²) in [6, 6.07) is 7.57. The van der Waals surface area contributed by atoms with Crippen LogP contribution in [0.2, 0.25) is 0 Å². The lowest BCUT2D eigenvalue weighted by molar-refractivity contribution is -0.133. The fraction of sp³-hybridized carbons (Fsp3) is 0.438. The third kappa shape index (κ3) is 4.00. The SMILES string of the molecule is COc1ccc(OC2CCN(C(=O)Cn3ccnn3)CC2)cc1. The molecule has 0 radical (unpaired) electrons. The molecule has 0 saturated carbocycles. The highest BCUT2D eigenvalue weighted by Crippen LogP contribution is 2.22. The number of methoxy groups -OCH3 is 1. The van der Waals surface area contributed by atoms with Crippen molar-refractivity contribution in [2.75, 3.05) is 20.2 Å². The van der Waals surface area contributed by atoms with Crippen molar-refractivity contribution >= 4 is 5.91 Å². The van der Waals surface area contributed by atoms with E-state index in [4.69, 9.17) is 9.47 Å². The number of carbonyl (C=O) groups excluding carboxylic acids is 1. The third-order valence-corrected chi connectivity index (χ3v) is 3.93. The molecule has 1 saturated heterocycles. The molecule has 23 heavy (non-hydrogen) atoms. The van der Waals surface area contributed by atoms with Gasteiger partial charge < -0.3 is 14.4 Å². The second-order valence-electron chi connectivity index (χ2n) is 5.47. The monoisotopic (exact) mass is 316 g/mol. The van der Waals surface area contributed by atoms with Gasteiger partial charge in [-0.25, -0.2) is 4.68 Å². The lowest BCUT2D eigenvalue weighted by Crippen LogP contribution is -2.43. The first-order valence-electron chi connectivity index (χ1n) is 7.67. The number of carbonyl (C=O) groups is 1. The zero-order valence-electron chi connectivity index (χ0n) is 13.1. The van der Waals surface area contributed by atoms with Gasteiger partial charge in [-0.15, -0.1) is 5.10 Å². The highest BCUT2D eigenvalue weighted by Gasteiger charge is 2.24. The van der Waals surface area contributed by atoms with Gasteiger partial charge in [0.05, 0.1) is 13.3 Å². The van der Waals surface area contributed by atoms with E-state index in [0.717, 1.165) is 24.3 Å². The molecule has 2 heterocycles. The molecule has 7 heteroatoms. The van der Waals surface area contributed by atoms with Crippen LogP contribution in [-0.4, -0.2) is 52.1 Å². The van der Waals surface area contributed by atoms with Crippen LogP contribution in [0.25, 0.3) is 0 Å². The van der Waals surface area contributed by atoms with Gasteiger partial charge in [-0.2, -0.15) is 0 Å². The topological polar surface area (TPSA) is 69.5 Å². The molecular formula is C16H20N4O3. The van der Waals surface area contributed by atoms with Gasteiger partial charge in [0.15, 0.2) is 0 Å². The lowest BCUT2D eigenvalue weighted by Gasteiger charge is -2.32. The van der Waals surface area contributed by atoms with Crippen LogP contribution in [0.5, 0.6) is 11.5 Å². The Hall–Kier alpha value is -2.57. The number of ether oxygens (including phenoxy) is 2. The highest BCUT2D eigenvalue weighted by molar-refractivity contribution is 5.75. The minimum atomic E-state index is 0.0680. The number of hydrogen-bond acceptors (Lipinski definition) is 5. The number of amides is 1. The highest BCUT2D eigenvalue weighted by atomic mass is 16.5. The molecule has 2 aromatic rings. The van der Waals surface area contributed by atoms with Crippen molar-refractivity contribution in [3.05, 3.63) is 36.7 Å². The zero-order valence-corrected chi connectivity index (χ0v) is 13.1. The van der Waals surface area contributed by atoms with Gasteiger partial charge in [0.25, 0.3) is 0 Å². The first-order valence-corrected chi connectivity index (χ1v) is 7.67. The lowest BCUT2D eigenvalue weighted by atomic mass is 10.1. The second-order valence-corrected chi connectivity index (χ2v) is 5.47. The zero-order chi connectivity index (χ0) is 16.1. The fourth-order valence-corrected chi connectivity index (χ4v) is 2.63. The Balaban J connectivity index is 1.47. The number of aromatic nitrogens is 3. The van der Waals surface area contributed by atoms with Crippen molar-refractivity contribution in [1.82, 2.24) is 19.9 Å². The van der Waals surface area contributed by atoms with E-state index < -0.39 is 0 Å². The summed E-state index contributed by atoms with van der Waals surface area (Å²) in [6.45, 7) is 1.65. The van der Waals surface area contributed by atoms with Gasteiger partial charge >= 0.3 is 0 Å². The number of piperidine rings is 1. The van der Waals surface area contributed by atoms with Crippen LogP contribution < -0.4 is 9.47 Å². The Kier molecular flexibility index (Phi) is 4.75. The number of hydrogen-bond donors (Lipinski definition) is 0. The first-order chi connectivity index (χ1) is 11.2. The molecule has 1 aliphatic rings. The predicted octanol–water partition coefficient (Wildman–Crippen LogP) is 1.36. The smallest absolute Gasteiger partial charge is 0.244 e. The summed E-state index contributed by atoms with van der Waals surface area (Å²) in [5, 5.41) is 7.53. The van der Waals surface area contributed by atoms with E-state index in [9.17, 15) is 4.79 Å². The van der Waals surface area contributed by atoms with Gasteiger partial charge in [-0.05, 0) is 24.3 Å². The molecule has 1 fully saturated rings. The van der Waals surface area contributed by atoms with Crippen molar-refractivity contribution in [2.45, 2.75) is 25.5 Å². The molecule has 0 bridgehead atoms. The van der Waals surface area contributed by atoms with Gasteiger partial charge in [0.1, 0.15) is 24.1 Å². The number of rotatable bonds is 5. The Labute approximate surface area is 134 Å². The molecule has 1 aliphatic heterocycles. The van der Waals surface area contributed by atoms with Crippen molar-refractivity contribution in [1.29, 1.82) is 0 Å². The number of nitrogens with zero attached hydrogens (tertiary/aromatic N) is 4. The van der Waals surface area contributed by atoms with Crippen molar-refractivity contribution < 1.29 is 14.3 Å². The Morgan fingerprint density at radius 1 is 1.22 bits per heavy atom. The van der Waals surface area contributed by atoms with Crippen LogP contribution in [0.4, 0.5) is 0 Å². The van der Waals surface area contributed by atoms with Crippen LogP contribution in [0.15, 0.2) is 36.7 Å². The van der Waals surface area contributed by atoms with Crippen LogP contribution in [0.1, 0.15) is 12.8 Å². The largest absolute Gasteiger partial charge is 0.497 e. The van der Waals surface area contributed by atoms with E-state index in [1.165, 1.54) is 0 Å². The molecule has 0 unspecified atom stereocenters. The summed E-state index contributed by atoms with van der Waals surface area (Å²) in [7, 11) is 1.64. The first kappa shape index (κ1) is 15.3. The minimum absolute atomic E-state index is 0.0680. The van der Waals surface area contributed by atoms with E-state index >= 15 is 0 Å². The maximum atomic E-state index is 12.2. The second kappa shape index (κ2) is 7.13. The summed E-state index contributed by atoms with van der Waals surface area (Å²) in [6.07, 6.45) is 5.06. The maximum Gasteiger partial charge on any atom is 0.244 e. The molecule has 0 atom stereocenters. The summed E-state index contributed by atoms with van der Waals surface area (Å²) in [5.41, 5.74) is 0. The summed E-state index contributed by atoms with van der Waals surface area (Å²) >= 11 is 0. The average molecular weight is 316 g/mol. The van der Waals surface area contributed by atoms with Crippen molar-refractivity contribution in [2.24, 2.45) is 0 Å². The summed E-state index contributed by atoms with van der Waals surface area (Å²) in [4.78, 5) is 14.0. The fourth-order valence-electron chi connectivity index (χ4n) is 2.63. The van der Waals surface area contributed by atoms with E-state index in [1.54, 1.807) is 24.2 Å². The molecule has 0 aliphatic carbocycles. The van der Waals surface area contributed by atoms with E-state index in [1.807, 2.05) is 29.2 Å². The maximum absolute atomic E-state index is 12.2. The average Bonchev–Trinajstić information content (AvgIpc) is 3.09. The molecule has 3 rings (SSSR count). The molecule has 1 aromatic carbocycles. The van der Waals surface area contributed by atoms with Gasteiger partial charge in [-0.1, -0.05) is 5.21 Å². The van der Waals surface area contributed by atoms with E-state index in [-0.39, 0.29) is 18.6 Å². The van der Waals surface area contributed by atoms with Crippen LogP contribution >= 0.6 is 0 Å². The van der Waals surface area contributed by atoms with Crippen LogP contribution in [0, 0.1) is 0 Å². The number of likely N-dealkylation sites (tertiary alicyclic amines) is 1. The van der Waals surface area contributed by atoms with Crippen molar-refractivity contribution in [3.63, 3.8) is 0 Å². The molecule has 0 N–H and O–H groups in total. The summed E-state index contributed by atoms with van der Waals surface area (Å²) in [5.74, 6) is 1.71. The van der Waals surface area contributed by atoms with Crippen LogP contribution in [0.3, 0.4) is 0 Å². The molecule has 1 aromatic heterocycles. The van der Waals surface area contributed by atoms with Crippen molar-refractivity contribution in [3.8, 4) is 11.5 Å². The quantitative estimate of drug-likeness (QED) is 0.833. The normalized spacial score (nSPS) is 15.4. The Bertz CT molecular complexity index is 619. The standard InChI is InChI=1S/C16H20N4O3/c1-22-13-2-4-14(5-3-13)23-15-6-9-19(10-7-15)16(21)12-20-11-8-17-18-20/h2-5,8,11,15H,6-7,9-10,12H2,1H3. The minimum Gasteiger partial charge on any atom is -0.497 e. The molecule has 1 amide bonds. The van der Waals surface area contributed by atoms with Gasteiger partial charge in [0.2, 0.25) is 5.91 Å². The number of benzene rings is 1. The Morgan fingerprint density at radius 2 is 1.91 bits per heavy atom.